The molecule has 42 valence electrons. The largest absolute Gasteiger partial charge is 0.619 e. The molecule has 0 spiro atoms. The van der Waals surface area contributed by atoms with E-state index in [1.165, 1.54) is 6.07 Å². The molecule has 0 fully saturated rings. The summed E-state index contributed by atoms with van der Waals surface area (Å²) in [5, 5.41) is 10.7. The summed E-state index contributed by atoms with van der Waals surface area (Å²) >= 11 is 0. The third-order valence-corrected chi connectivity index (χ3v) is 0.803. The SMILES string of the molecule is [2H]c1ccc(C)c([2H])[n+]1[O-]. The summed E-state index contributed by atoms with van der Waals surface area (Å²) in [6, 6.07) is 2.96. The van der Waals surface area contributed by atoms with Gasteiger partial charge < -0.3 is 5.21 Å². The van der Waals surface area contributed by atoms with Gasteiger partial charge in [0.05, 0.1) is 0 Å². The van der Waals surface area contributed by atoms with E-state index >= 15 is 0 Å². The number of aromatic nitrogens is 1. The summed E-state index contributed by atoms with van der Waals surface area (Å²) in [4.78, 5) is 0. The van der Waals surface area contributed by atoms with E-state index in [-0.39, 0.29) is 17.1 Å². The van der Waals surface area contributed by atoms with Crippen molar-refractivity contribution in [2.24, 2.45) is 0 Å². The molecular formula is C6H7NO. The van der Waals surface area contributed by atoms with Crippen LogP contribution in [0.5, 0.6) is 0 Å². The molecule has 1 aromatic heterocycles. The zero-order chi connectivity index (χ0) is 7.72. The summed E-state index contributed by atoms with van der Waals surface area (Å²) in [7, 11) is 0. The smallest absolute Gasteiger partial charge is 0.183 e. The molecular weight excluding hydrogens is 102 g/mol. The van der Waals surface area contributed by atoms with Gasteiger partial charge in [-0.15, -0.1) is 0 Å². The first kappa shape index (κ1) is 3.07. The van der Waals surface area contributed by atoms with Crippen molar-refractivity contribution in [3.8, 4) is 0 Å². The number of hydrogen-bond acceptors (Lipinski definition) is 1. The van der Waals surface area contributed by atoms with Crippen LogP contribution < -0.4 is 4.73 Å². The van der Waals surface area contributed by atoms with Gasteiger partial charge in [-0.25, -0.2) is 0 Å². The summed E-state index contributed by atoms with van der Waals surface area (Å²) in [5.41, 5.74) is 0.589. The van der Waals surface area contributed by atoms with Gasteiger partial charge >= 0.3 is 0 Å². The van der Waals surface area contributed by atoms with Crippen molar-refractivity contribution >= 4 is 0 Å². The molecule has 8 heavy (non-hydrogen) atoms. The molecule has 0 aromatic carbocycles. The molecule has 0 atom stereocenters. The molecule has 1 aromatic rings. The van der Waals surface area contributed by atoms with Crippen LogP contribution in [-0.4, -0.2) is 0 Å². The van der Waals surface area contributed by atoms with Gasteiger partial charge in [-0.1, -0.05) is 0 Å². The van der Waals surface area contributed by atoms with Crippen LogP contribution in [0.4, 0.5) is 0 Å². The van der Waals surface area contributed by atoms with Crippen LogP contribution in [0, 0.1) is 12.1 Å². The first-order valence-electron chi connectivity index (χ1n) is 3.29. The molecule has 1 rings (SSSR count). The van der Waals surface area contributed by atoms with E-state index in [0.29, 0.717) is 5.56 Å². The lowest BCUT2D eigenvalue weighted by Crippen LogP contribution is -2.23. The summed E-state index contributed by atoms with van der Waals surface area (Å²) < 4.78 is 14.4. The highest BCUT2D eigenvalue weighted by molar-refractivity contribution is 5.01. The number of rotatable bonds is 0. The van der Waals surface area contributed by atoms with Crippen LogP contribution in [0.3, 0.4) is 0 Å². The Hall–Kier alpha value is -1.05. The minimum absolute atomic E-state index is 0.146. The zero-order valence-electron chi connectivity index (χ0n) is 6.51. The Balaban J connectivity index is 3.34. The highest BCUT2D eigenvalue weighted by atomic mass is 16.5. The van der Waals surface area contributed by atoms with Crippen LogP contribution in [0.15, 0.2) is 24.5 Å². The second-order valence-corrected chi connectivity index (χ2v) is 1.55. The summed E-state index contributed by atoms with van der Waals surface area (Å²) in [6.45, 7) is 1.66. The van der Waals surface area contributed by atoms with Crippen molar-refractivity contribution in [1.29, 1.82) is 0 Å². The van der Waals surface area contributed by atoms with Gasteiger partial charge in [-0.2, -0.15) is 4.73 Å². The topological polar surface area (TPSA) is 26.9 Å². The molecule has 0 bridgehead atoms. The van der Waals surface area contributed by atoms with Gasteiger partial charge in [-0.3, -0.25) is 0 Å². The zero-order valence-corrected chi connectivity index (χ0v) is 4.51. The summed E-state index contributed by atoms with van der Waals surface area (Å²) in [5.74, 6) is 0. The van der Waals surface area contributed by atoms with Gasteiger partial charge in [0, 0.05) is 11.6 Å². The predicted molar refractivity (Wildman–Crippen MR) is 30.1 cm³/mol. The first-order valence-corrected chi connectivity index (χ1v) is 2.29. The normalized spacial score (nSPS) is 12.6. The third-order valence-electron chi connectivity index (χ3n) is 0.803. The van der Waals surface area contributed by atoms with Crippen molar-refractivity contribution in [3.63, 3.8) is 0 Å². The molecule has 0 aliphatic carbocycles. The number of aryl methyl sites for hydroxylation is 1. The van der Waals surface area contributed by atoms with Crippen LogP contribution in [0.25, 0.3) is 0 Å². The van der Waals surface area contributed by atoms with Gasteiger partial charge in [0.2, 0.25) is 0 Å². The van der Waals surface area contributed by atoms with Crippen molar-refractivity contribution < 1.29 is 7.47 Å². The average Bonchev–Trinajstić information content (AvgIpc) is 1.93. The minimum atomic E-state index is -0.185. The van der Waals surface area contributed by atoms with Gasteiger partial charge in [0.1, 0.15) is 2.74 Å². The highest BCUT2D eigenvalue weighted by Gasteiger charge is 1.85. The molecule has 0 N–H and O–H groups in total. The Bertz CT molecular complexity index is 235. The van der Waals surface area contributed by atoms with Crippen LogP contribution >= 0.6 is 0 Å². The van der Waals surface area contributed by atoms with Crippen LogP contribution in [-0.2, 0) is 0 Å². The molecule has 2 nitrogen and oxygen atoms in total. The van der Waals surface area contributed by atoms with Crippen molar-refractivity contribution in [2.45, 2.75) is 6.92 Å². The molecule has 0 unspecified atom stereocenters. The maximum Gasteiger partial charge on any atom is 0.183 e. The molecule has 0 aliphatic rings. The molecule has 0 saturated heterocycles. The van der Waals surface area contributed by atoms with E-state index in [1.807, 2.05) is 0 Å². The number of hydrogen-bond donors (Lipinski definition) is 0. The van der Waals surface area contributed by atoms with E-state index in [4.69, 9.17) is 2.74 Å². The second kappa shape index (κ2) is 1.82. The quantitative estimate of drug-likeness (QED) is 0.356. The lowest BCUT2D eigenvalue weighted by molar-refractivity contribution is -0.605. The Morgan fingerprint density at radius 2 is 2.62 bits per heavy atom. The van der Waals surface area contributed by atoms with Gasteiger partial charge in [0.15, 0.2) is 12.3 Å². The summed E-state index contributed by atoms with van der Waals surface area (Å²) in [6.07, 6.45) is -0.330. The Labute approximate surface area is 50.8 Å². The Kier molecular flexibility index (Phi) is 0.699. The van der Waals surface area contributed by atoms with Crippen molar-refractivity contribution in [3.05, 3.63) is 35.2 Å². The van der Waals surface area contributed by atoms with Crippen LogP contribution in [0.1, 0.15) is 8.30 Å². The van der Waals surface area contributed by atoms with Crippen LogP contribution in [0.2, 0.25) is 0 Å². The number of nitrogens with zero attached hydrogens (tertiary/aromatic N) is 1. The predicted octanol–water partition coefficient (Wildman–Crippen LogP) is 0.628. The fourth-order valence-electron chi connectivity index (χ4n) is 0.460. The van der Waals surface area contributed by atoms with E-state index in [0.717, 1.165) is 0 Å². The first-order chi connectivity index (χ1) is 4.63. The lowest BCUT2D eigenvalue weighted by Gasteiger charge is -1.92. The standard InChI is InChI=1S/C6H7NO/c1-6-3-2-4-7(8)5-6/h2-5H,1H3/i4D,5D. The maximum absolute atomic E-state index is 10.7. The van der Waals surface area contributed by atoms with Crippen molar-refractivity contribution in [1.82, 2.24) is 0 Å². The molecule has 0 amide bonds. The second-order valence-electron chi connectivity index (χ2n) is 1.55. The monoisotopic (exact) mass is 111 g/mol. The Morgan fingerprint density at radius 3 is 3.25 bits per heavy atom. The molecule has 0 aliphatic heterocycles. The van der Waals surface area contributed by atoms with Gasteiger partial charge in [0.25, 0.3) is 0 Å². The van der Waals surface area contributed by atoms with E-state index in [1.54, 1.807) is 13.0 Å². The molecule has 0 radical (unpaired) electrons. The van der Waals surface area contributed by atoms with E-state index in [9.17, 15) is 5.21 Å². The van der Waals surface area contributed by atoms with Crippen molar-refractivity contribution in [2.75, 3.05) is 0 Å². The lowest BCUT2D eigenvalue weighted by atomic mass is 10.3. The van der Waals surface area contributed by atoms with E-state index < -0.39 is 0 Å². The fourth-order valence-corrected chi connectivity index (χ4v) is 0.460. The Morgan fingerprint density at radius 1 is 1.88 bits per heavy atom. The molecule has 2 heteroatoms. The fraction of sp³-hybridized carbons (Fsp3) is 0.167. The third kappa shape index (κ3) is 0.964. The maximum atomic E-state index is 10.7. The van der Waals surface area contributed by atoms with E-state index in [2.05, 4.69) is 0 Å². The molecule has 1 heterocycles. The van der Waals surface area contributed by atoms with Gasteiger partial charge in [-0.05, 0) is 13.0 Å². The average molecular weight is 111 g/mol. The minimum Gasteiger partial charge on any atom is -0.619 e. The number of pyridine rings is 1. The molecule has 0 saturated carbocycles. The highest BCUT2D eigenvalue weighted by Crippen LogP contribution is 1.86.